The Bertz CT molecular complexity index is 503. The lowest BCUT2D eigenvalue weighted by Gasteiger charge is -2.41. The van der Waals surface area contributed by atoms with Crippen LogP contribution >= 0.6 is 11.6 Å². The maximum Gasteiger partial charge on any atom is 0.255 e. The summed E-state index contributed by atoms with van der Waals surface area (Å²) in [6, 6.07) is 3.80. The number of hydrogen-bond acceptors (Lipinski definition) is 2. The topological polar surface area (TPSA) is 40.5 Å². The van der Waals surface area contributed by atoms with Crippen LogP contribution in [0.2, 0.25) is 5.02 Å². The highest BCUT2D eigenvalue weighted by molar-refractivity contribution is 6.33. The van der Waals surface area contributed by atoms with Crippen molar-refractivity contribution < 1.29 is 14.3 Å². The zero-order chi connectivity index (χ0) is 14.8. The zero-order valence-electron chi connectivity index (χ0n) is 11.5. The molecule has 5 heteroatoms. The van der Waals surface area contributed by atoms with Crippen molar-refractivity contribution in [3.63, 3.8) is 0 Å². The van der Waals surface area contributed by atoms with E-state index < -0.39 is 5.82 Å². The van der Waals surface area contributed by atoms with E-state index in [0.717, 1.165) is 19.3 Å². The van der Waals surface area contributed by atoms with Gasteiger partial charge in [0.2, 0.25) is 0 Å². The lowest BCUT2D eigenvalue weighted by molar-refractivity contribution is 0.0251. The van der Waals surface area contributed by atoms with Crippen LogP contribution in [0.3, 0.4) is 0 Å². The zero-order valence-corrected chi connectivity index (χ0v) is 12.3. The highest BCUT2D eigenvalue weighted by Crippen LogP contribution is 2.34. The fourth-order valence-corrected chi connectivity index (χ4v) is 2.94. The fraction of sp³-hybridized carbons (Fsp3) is 0.533. The molecule has 110 valence electrons. The van der Waals surface area contributed by atoms with E-state index in [1.54, 1.807) is 4.90 Å². The van der Waals surface area contributed by atoms with Gasteiger partial charge >= 0.3 is 0 Å². The number of aliphatic hydroxyl groups is 1. The van der Waals surface area contributed by atoms with Gasteiger partial charge in [0.1, 0.15) is 5.82 Å². The second-order valence-corrected chi connectivity index (χ2v) is 5.87. The SMILES string of the molecule is CCC1(CO)CCCN(C(=O)c2cc(F)ccc2Cl)C1. The summed E-state index contributed by atoms with van der Waals surface area (Å²) in [5, 5.41) is 9.84. The summed E-state index contributed by atoms with van der Waals surface area (Å²) >= 11 is 5.99. The predicted molar refractivity (Wildman–Crippen MR) is 76.4 cm³/mol. The molecule has 1 heterocycles. The Labute approximate surface area is 123 Å². The van der Waals surface area contributed by atoms with Gasteiger partial charge in [0, 0.05) is 18.5 Å². The van der Waals surface area contributed by atoms with E-state index in [4.69, 9.17) is 11.6 Å². The molecule has 0 saturated carbocycles. The first kappa shape index (κ1) is 15.3. The maximum atomic E-state index is 13.3. The van der Waals surface area contributed by atoms with Gasteiger partial charge < -0.3 is 10.0 Å². The largest absolute Gasteiger partial charge is 0.396 e. The van der Waals surface area contributed by atoms with Crippen molar-refractivity contribution in [2.24, 2.45) is 5.41 Å². The van der Waals surface area contributed by atoms with Crippen LogP contribution in [0.5, 0.6) is 0 Å². The highest BCUT2D eigenvalue weighted by atomic mass is 35.5. The van der Waals surface area contributed by atoms with Crippen LogP contribution in [0, 0.1) is 11.2 Å². The summed E-state index contributed by atoms with van der Waals surface area (Å²) in [6.07, 6.45) is 2.55. The van der Waals surface area contributed by atoms with Crippen LogP contribution in [-0.2, 0) is 0 Å². The lowest BCUT2D eigenvalue weighted by Crippen LogP contribution is -2.47. The van der Waals surface area contributed by atoms with E-state index in [2.05, 4.69) is 0 Å². The molecular formula is C15H19ClFNO2. The van der Waals surface area contributed by atoms with Gasteiger partial charge in [0.05, 0.1) is 17.2 Å². The molecule has 1 saturated heterocycles. The smallest absolute Gasteiger partial charge is 0.255 e. The standard InChI is InChI=1S/C15H19ClFNO2/c1-2-15(10-19)6-3-7-18(9-15)14(20)12-8-11(17)4-5-13(12)16/h4-5,8,19H,2-3,6-7,9-10H2,1H3. The van der Waals surface area contributed by atoms with Gasteiger partial charge in [-0.05, 0) is 37.5 Å². The number of aliphatic hydroxyl groups excluding tert-OH is 1. The number of carbonyl (C=O) groups excluding carboxylic acids is 1. The number of nitrogens with zero attached hydrogens (tertiary/aromatic N) is 1. The third kappa shape index (κ3) is 2.96. The third-order valence-corrected chi connectivity index (χ3v) is 4.52. The van der Waals surface area contributed by atoms with Crippen molar-refractivity contribution in [3.05, 3.63) is 34.6 Å². The van der Waals surface area contributed by atoms with Crippen LogP contribution in [0.4, 0.5) is 4.39 Å². The van der Waals surface area contributed by atoms with Crippen molar-refractivity contribution in [1.82, 2.24) is 4.90 Å². The second kappa shape index (κ2) is 6.10. The number of piperidine rings is 1. The van der Waals surface area contributed by atoms with Crippen LogP contribution in [-0.4, -0.2) is 35.6 Å². The van der Waals surface area contributed by atoms with Crippen molar-refractivity contribution in [2.45, 2.75) is 26.2 Å². The van der Waals surface area contributed by atoms with E-state index >= 15 is 0 Å². The summed E-state index contributed by atoms with van der Waals surface area (Å²) < 4.78 is 13.3. The summed E-state index contributed by atoms with van der Waals surface area (Å²) in [4.78, 5) is 14.2. The molecule has 0 bridgehead atoms. The molecule has 1 aliphatic rings. The lowest BCUT2D eigenvalue weighted by atomic mass is 9.78. The molecule has 0 aromatic heterocycles. The minimum atomic E-state index is -0.473. The summed E-state index contributed by atoms with van der Waals surface area (Å²) in [6.45, 7) is 3.18. The van der Waals surface area contributed by atoms with Crippen LogP contribution in [0.25, 0.3) is 0 Å². The van der Waals surface area contributed by atoms with Gasteiger partial charge in [-0.15, -0.1) is 0 Å². The average Bonchev–Trinajstić information content (AvgIpc) is 2.49. The van der Waals surface area contributed by atoms with Gasteiger partial charge in [-0.1, -0.05) is 18.5 Å². The molecule has 2 rings (SSSR count). The van der Waals surface area contributed by atoms with Crippen molar-refractivity contribution in [2.75, 3.05) is 19.7 Å². The number of halogens is 2. The minimum absolute atomic E-state index is 0.0597. The molecule has 1 unspecified atom stereocenters. The Hall–Kier alpha value is -1.13. The molecule has 1 N–H and O–H groups in total. The number of carbonyl (C=O) groups is 1. The number of hydrogen-bond donors (Lipinski definition) is 1. The first-order valence-corrected chi connectivity index (χ1v) is 7.24. The molecule has 1 atom stereocenters. The average molecular weight is 300 g/mol. The Balaban J connectivity index is 2.22. The predicted octanol–water partition coefficient (Wildman–Crippen LogP) is 3.10. The van der Waals surface area contributed by atoms with E-state index in [-0.39, 0.29) is 28.5 Å². The second-order valence-electron chi connectivity index (χ2n) is 5.47. The van der Waals surface area contributed by atoms with Gasteiger partial charge in [-0.25, -0.2) is 4.39 Å². The molecule has 0 aliphatic carbocycles. The molecule has 1 fully saturated rings. The minimum Gasteiger partial charge on any atom is -0.396 e. The molecule has 0 spiro atoms. The van der Waals surface area contributed by atoms with Gasteiger partial charge in [0.25, 0.3) is 5.91 Å². The Morgan fingerprint density at radius 3 is 2.95 bits per heavy atom. The first-order chi connectivity index (χ1) is 9.51. The Kier molecular flexibility index (Phi) is 4.66. The van der Waals surface area contributed by atoms with E-state index in [1.165, 1.54) is 18.2 Å². The normalized spacial score (nSPS) is 22.9. The van der Waals surface area contributed by atoms with Gasteiger partial charge in [0.15, 0.2) is 0 Å². The monoisotopic (exact) mass is 299 g/mol. The van der Waals surface area contributed by atoms with Crippen molar-refractivity contribution in [1.29, 1.82) is 0 Å². The maximum absolute atomic E-state index is 13.3. The molecule has 0 radical (unpaired) electrons. The number of rotatable bonds is 3. The molecule has 1 aliphatic heterocycles. The molecule has 20 heavy (non-hydrogen) atoms. The van der Waals surface area contributed by atoms with E-state index in [0.29, 0.717) is 13.1 Å². The highest BCUT2D eigenvalue weighted by Gasteiger charge is 2.35. The van der Waals surface area contributed by atoms with E-state index in [9.17, 15) is 14.3 Å². The summed E-state index contributed by atoms with van der Waals surface area (Å²) in [5.41, 5.74) is -0.0511. The molecule has 1 aromatic rings. The van der Waals surface area contributed by atoms with E-state index in [1.807, 2.05) is 6.92 Å². The number of benzene rings is 1. The number of amides is 1. The third-order valence-electron chi connectivity index (χ3n) is 4.19. The van der Waals surface area contributed by atoms with Crippen LogP contribution < -0.4 is 0 Å². The fourth-order valence-electron chi connectivity index (χ4n) is 2.74. The van der Waals surface area contributed by atoms with Gasteiger partial charge in [-0.2, -0.15) is 0 Å². The first-order valence-electron chi connectivity index (χ1n) is 6.86. The molecular weight excluding hydrogens is 281 g/mol. The molecule has 1 aromatic carbocycles. The van der Waals surface area contributed by atoms with Crippen LogP contribution in [0.15, 0.2) is 18.2 Å². The Morgan fingerprint density at radius 1 is 1.55 bits per heavy atom. The van der Waals surface area contributed by atoms with Crippen molar-refractivity contribution in [3.8, 4) is 0 Å². The van der Waals surface area contributed by atoms with Crippen LogP contribution in [0.1, 0.15) is 36.5 Å². The quantitative estimate of drug-likeness (QED) is 0.931. The number of likely N-dealkylation sites (tertiary alicyclic amines) is 1. The molecule has 3 nitrogen and oxygen atoms in total. The molecule has 1 amide bonds. The van der Waals surface area contributed by atoms with Gasteiger partial charge in [-0.3, -0.25) is 4.79 Å². The van der Waals surface area contributed by atoms with Crippen molar-refractivity contribution >= 4 is 17.5 Å². The summed E-state index contributed by atoms with van der Waals surface area (Å²) in [7, 11) is 0. The summed E-state index contributed by atoms with van der Waals surface area (Å²) in [5.74, 6) is -0.737. The Morgan fingerprint density at radius 2 is 2.30 bits per heavy atom.